The maximum atomic E-state index is 12.8. The van der Waals surface area contributed by atoms with Gasteiger partial charge in [0.05, 0.1) is 6.61 Å². The molecule has 1 spiro atoms. The molecule has 124 valence electrons. The zero-order valence-electron chi connectivity index (χ0n) is 12.7. The van der Waals surface area contributed by atoms with Crippen LogP contribution < -0.4 is 0 Å². The normalized spacial score (nSPS) is 21.6. The number of nitrogens with zero attached hydrogens (tertiary/aromatic N) is 2. The fourth-order valence-electron chi connectivity index (χ4n) is 3.25. The molecule has 2 aliphatic rings. The summed E-state index contributed by atoms with van der Waals surface area (Å²) in [7, 11) is 0. The average Bonchev–Trinajstić information content (AvgIpc) is 2.94. The number of halogens is 2. The third-order valence-electron chi connectivity index (χ3n) is 4.50. The molecule has 1 aromatic rings. The first kappa shape index (κ1) is 17.8. The number of hydrogen-bond donors (Lipinski definition) is 0. The standard InChI is InChI=1S/C15H21BrN2O3.ClH/c1-2-17-9-6-15(7-10-17)18(8-3-11-20-15)14(19)12-4-5-13(16)21-12;/h4-5H,2-3,6-11H2,1H3;1H. The van der Waals surface area contributed by atoms with Gasteiger partial charge in [-0.15, -0.1) is 12.4 Å². The molecule has 7 heteroatoms. The summed E-state index contributed by atoms with van der Waals surface area (Å²) in [6.45, 7) is 6.64. The van der Waals surface area contributed by atoms with Gasteiger partial charge in [-0.25, -0.2) is 0 Å². The Bertz CT molecular complexity index is 515. The van der Waals surface area contributed by atoms with Crippen LogP contribution in [-0.2, 0) is 4.74 Å². The summed E-state index contributed by atoms with van der Waals surface area (Å²) in [5, 5.41) is 0. The number of hydrogen-bond acceptors (Lipinski definition) is 4. The van der Waals surface area contributed by atoms with Crippen LogP contribution in [0.4, 0.5) is 0 Å². The van der Waals surface area contributed by atoms with Gasteiger partial charge in [0.25, 0.3) is 5.91 Å². The lowest BCUT2D eigenvalue weighted by molar-refractivity contribution is -0.189. The van der Waals surface area contributed by atoms with Gasteiger partial charge in [-0.3, -0.25) is 4.79 Å². The second kappa shape index (κ2) is 7.34. The Balaban J connectivity index is 0.00000176. The van der Waals surface area contributed by atoms with Crippen molar-refractivity contribution in [3.8, 4) is 0 Å². The van der Waals surface area contributed by atoms with Gasteiger partial charge in [0.2, 0.25) is 0 Å². The maximum absolute atomic E-state index is 12.8. The molecule has 0 aliphatic carbocycles. The highest BCUT2D eigenvalue weighted by atomic mass is 79.9. The highest BCUT2D eigenvalue weighted by Crippen LogP contribution is 2.35. The fourth-order valence-corrected chi connectivity index (χ4v) is 3.55. The molecule has 0 saturated carbocycles. The Morgan fingerprint density at radius 1 is 1.32 bits per heavy atom. The number of furan rings is 1. The number of carbonyl (C=O) groups is 1. The van der Waals surface area contributed by atoms with Crippen molar-refractivity contribution in [2.75, 3.05) is 32.8 Å². The van der Waals surface area contributed by atoms with Gasteiger partial charge in [0.15, 0.2) is 10.4 Å². The van der Waals surface area contributed by atoms with Crippen molar-refractivity contribution >= 4 is 34.2 Å². The molecule has 0 unspecified atom stereocenters. The van der Waals surface area contributed by atoms with Gasteiger partial charge in [-0.05, 0) is 41.0 Å². The molecule has 3 heterocycles. The summed E-state index contributed by atoms with van der Waals surface area (Å²) >= 11 is 3.25. The molecular weight excluding hydrogens is 372 g/mol. The summed E-state index contributed by atoms with van der Waals surface area (Å²) in [6, 6.07) is 3.47. The molecular formula is C15H22BrClN2O3. The van der Waals surface area contributed by atoms with E-state index in [0.717, 1.165) is 52.0 Å². The molecule has 2 aliphatic heterocycles. The smallest absolute Gasteiger partial charge is 0.291 e. The van der Waals surface area contributed by atoms with Gasteiger partial charge >= 0.3 is 0 Å². The van der Waals surface area contributed by atoms with Crippen molar-refractivity contribution in [1.82, 2.24) is 9.80 Å². The van der Waals surface area contributed by atoms with Gasteiger partial charge in [0, 0.05) is 32.5 Å². The first-order valence-corrected chi connectivity index (χ1v) is 8.37. The number of amides is 1. The van der Waals surface area contributed by atoms with Crippen LogP contribution in [0, 0.1) is 0 Å². The first-order chi connectivity index (χ1) is 10.1. The van der Waals surface area contributed by atoms with Crippen molar-refractivity contribution in [2.24, 2.45) is 0 Å². The third-order valence-corrected chi connectivity index (χ3v) is 4.93. The second-order valence-electron chi connectivity index (χ2n) is 5.64. The van der Waals surface area contributed by atoms with Gasteiger partial charge in [-0.1, -0.05) is 6.92 Å². The first-order valence-electron chi connectivity index (χ1n) is 7.58. The molecule has 5 nitrogen and oxygen atoms in total. The molecule has 0 aromatic carbocycles. The van der Waals surface area contributed by atoms with Crippen molar-refractivity contribution in [3.05, 3.63) is 22.6 Å². The zero-order chi connectivity index (χ0) is 14.9. The van der Waals surface area contributed by atoms with E-state index in [1.165, 1.54) is 0 Å². The Kier molecular flexibility index (Phi) is 5.94. The van der Waals surface area contributed by atoms with E-state index in [1.807, 2.05) is 4.90 Å². The molecule has 0 bridgehead atoms. The summed E-state index contributed by atoms with van der Waals surface area (Å²) in [4.78, 5) is 17.0. The Morgan fingerprint density at radius 3 is 2.64 bits per heavy atom. The molecule has 2 fully saturated rings. The van der Waals surface area contributed by atoms with Crippen LogP contribution in [0.25, 0.3) is 0 Å². The molecule has 0 atom stereocenters. The number of carbonyl (C=O) groups excluding carboxylic acids is 1. The van der Waals surface area contributed by atoms with Crippen LogP contribution in [0.2, 0.25) is 0 Å². The minimum atomic E-state index is -0.444. The average molecular weight is 394 g/mol. The lowest BCUT2D eigenvalue weighted by Gasteiger charge is -2.50. The Hall–Kier alpha value is -0.560. The molecule has 3 rings (SSSR count). The van der Waals surface area contributed by atoms with Gasteiger partial charge in [0.1, 0.15) is 5.72 Å². The Labute approximate surface area is 145 Å². The van der Waals surface area contributed by atoms with Crippen molar-refractivity contribution in [1.29, 1.82) is 0 Å². The molecule has 0 radical (unpaired) electrons. The predicted octanol–water partition coefficient (Wildman–Crippen LogP) is 3.14. The van der Waals surface area contributed by atoms with Crippen LogP contribution in [0.1, 0.15) is 36.7 Å². The molecule has 1 aromatic heterocycles. The summed E-state index contributed by atoms with van der Waals surface area (Å²) in [5.74, 6) is 0.315. The lowest BCUT2D eigenvalue weighted by Crippen LogP contribution is -2.61. The largest absolute Gasteiger partial charge is 0.444 e. The van der Waals surface area contributed by atoms with E-state index >= 15 is 0 Å². The monoisotopic (exact) mass is 392 g/mol. The quantitative estimate of drug-likeness (QED) is 0.774. The number of ether oxygens (including phenoxy) is 1. The van der Waals surface area contributed by atoms with E-state index < -0.39 is 5.72 Å². The van der Waals surface area contributed by atoms with E-state index in [9.17, 15) is 4.79 Å². The SMILES string of the molecule is CCN1CCC2(CC1)OCCCN2C(=O)c1ccc(Br)o1.Cl. The molecule has 0 N–H and O–H groups in total. The molecule has 1 amide bonds. The van der Waals surface area contributed by atoms with Crippen LogP contribution >= 0.6 is 28.3 Å². The second-order valence-corrected chi connectivity index (χ2v) is 6.42. The van der Waals surface area contributed by atoms with Crippen molar-refractivity contribution in [2.45, 2.75) is 31.9 Å². The van der Waals surface area contributed by atoms with Gasteiger partial charge in [-0.2, -0.15) is 0 Å². The molecule has 22 heavy (non-hydrogen) atoms. The number of piperidine rings is 1. The van der Waals surface area contributed by atoms with Crippen molar-refractivity contribution < 1.29 is 13.9 Å². The zero-order valence-corrected chi connectivity index (χ0v) is 15.1. The highest BCUT2D eigenvalue weighted by Gasteiger charge is 2.45. The van der Waals surface area contributed by atoms with Crippen LogP contribution in [0.15, 0.2) is 21.2 Å². The van der Waals surface area contributed by atoms with Gasteiger partial charge < -0.3 is 19.0 Å². The predicted molar refractivity (Wildman–Crippen MR) is 89.3 cm³/mol. The van der Waals surface area contributed by atoms with Crippen LogP contribution in [0.5, 0.6) is 0 Å². The highest BCUT2D eigenvalue weighted by molar-refractivity contribution is 9.10. The third kappa shape index (κ3) is 3.35. The topological polar surface area (TPSA) is 45.9 Å². The van der Waals surface area contributed by atoms with E-state index in [2.05, 4.69) is 27.8 Å². The van der Waals surface area contributed by atoms with Crippen molar-refractivity contribution in [3.63, 3.8) is 0 Å². The van der Waals surface area contributed by atoms with E-state index in [1.54, 1.807) is 12.1 Å². The van der Waals surface area contributed by atoms with Crippen LogP contribution in [-0.4, -0.2) is 54.2 Å². The van der Waals surface area contributed by atoms with E-state index in [4.69, 9.17) is 9.15 Å². The maximum Gasteiger partial charge on any atom is 0.291 e. The number of rotatable bonds is 2. The minimum Gasteiger partial charge on any atom is -0.444 e. The van der Waals surface area contributed by atoms with E-state index in [0.29, 0.717) is 10.4 Å². The summed E-state index contributed by atoms with van der Waals surface area (Å²) in [6.07, 6.45) is 2.62. The Morgan fingerprint density at radius 2 is 2.05 bits per heavy atom. The van der Waals surface area contributed by atoms with Crippen LogP contribution in [0.3, 0.4) is 0 Å². The fraction of sp³-hybridized carbons (Fsp3) is 0.667. The molecule has 2 saturated heterocycles. The minimum absolute atomic E-state index is 0. The number of likely N-dealkylation sites (tertiary alicyclic amines) is 1. The summed E-state index contributed by atoms with van der Waals surface area (Å²) in [5.41, 5.74) is -0.444. The summed E-state index contributed by atoms with van der Waals surface area (Å²) < 4.78 is 12.1. The van der Waals surface area contributed by atoms with E-state index in [-0.39, 0.29) is 18.3 Å². The lowest BCUT2D eigenvalue weighted by atomic mass is 9.96.